The second-order valence-corrected chi connectivity index (χ2v) is 3.78. The molecule has 0 saturated heterocycles. The zero-order valence-corrected chi connectivity index (χ0v) is 10.4. The van der Waals surface area contributed by atoms with E-state index in [1.807, 2.05) is 6.07 Å². The molecule has 0 aliphatic heterocycles. The molecular weight excluding hydrogens is 244 g/mol. The van der Waals surface area contributed by atoms with Crippen molar-refractivity contribution in [1.82, 2.24) is 0 Å². The Morgan fingerprint density at radius 1 is 1.16 bits per heavy atom. The van der Waals surface area contributed by atoms with Gasteiger partial charge < -0.3 is 15.2 Å². The smallest absolute Gasteiger partial charge is 0.417 e. The van der Waals surface area contributed by atoms with Crippen LogP contribution < -0.4 is 20.5 Å². The molecule has 0 aliphatic rings. The number of amides is 1. The number of rotatable bonds is 3. The molecule has 2 aromatic rings. The summed E-state index contributed by atoms with van der Waals surface area (Å²) in [6.45, 7) is 0. The van der Waals surface area contributed by atoms with Crippen molar-refractivity contribution in [2.45, 2.75) is 0 Å². The molecule has 1 amide bonds. The minimum Gasteiger partial charge on any atom is -0.495 e. The molecule has 5 nitrogen and oxygen atoms in total. The van der Waals surface area contributed by atoms with E-state index in [9.17, 15) is 4.79 Å². The van der Waals surface area contributed by atoms with Crippen molar-refractivity contribution in [3.63, 3.8) is 0 Å². The van der Waals surface area contributed by atoms with Gasteiger partial charge in [-0.3, -0.25) is 5.32 Å². The second-order valence-electron chi connectivity index (χ2n) is 3.78. The summed E-state index contributed by atoms with van der Waals surface area (Å²) in [7, 11) is 1.53. The van der Waals surface area contributed by atoms with E-state index in [1.54, 1.807) is 42.5 Å². The second kappa shape index (κ2) is 5.77. The number of nitrogen functional groups attached to an aromatic ring is 1. The minimum atomic E-state index is -0.573. The fourth-order valence-electron chi connectivity index (χ4n) is 1.55. The van der Waals surface area contributed by atoms with Crippen LogP contribution in [0.3, 0.4) is 0 Å². The van der Waals surface area contributed by atoms with Gasteiger partial charge in [0.2, 0.25) is 0 Å². The summed E-state index contributed by atoms with van der Waals surface area (Å²) in [5.41, 5.74) is 6.73. The van der Waals surface area contributed by atoms with Crippen LogP contribution in [0.2, 0.25) is 0 Å². The lowest BCUT2D eigenvalue weighted by Gasteiger charge is -2.09. The first-order valence-electron chi connectivity index (χ1n) is 5.66. The molecule has 0 radical (unpaired) electrons. The number of carbonyl (C=O) groups is 1. The van der Waals surface area contributed by atoms with Crippen molar-refractivity contribution in [3.8, 4) is 11.5 Å². The minimum absolute atomic E-state index is 0.444. The molecule has 0 fully saturated rings. The van der Waals surface area contributed by atoms with E-state index >= 15 is 0 Å². The van der Waals surface area contributed by atoms with Crippen molar-refractivity contribution >= 4 is 17.5 Å². The Kier molecular flexibility index (Phi) is 3.87. The zero-order valence-electron chi connectivity index (χ0n) is 10.4. The Bertz CT molecular complexity index is 570. The highest BCUT2D eigenvalue weighted by atomic mass is 16.6. The lowest BCUT2D eigenvalue weighted by atomic mass is 10.2. The normalized spacial score (nSPS) is 9.74. The number of nitrogens with two attached hydrogens (primary N) is 1. The topological polar surface area (TPSA) is 73.6 Å². The summed E-state index contributed by atoms with van der Waals surface area (Å²) in [5, 5.41) is 2.59. The molecule has 5 heteroatoms. The Labute approximate surface area is 110 Å². The van der Waals surface area contributed by atoms with Gasteiger partial charge in [-0.15, -0.1) is 0 Å². The Morgan fingerprint density at radius 2 is 1.89 bits per heavy atom. The summed E-state index contributed by atoms with van der Waals surface area (Å²) in [6, 6.07) is 13.8. The fourth-order valence-corrected chi connectivity index (χ4v) is 1.55. The summed E-state index contributed by atoms with van der Waals surface area (Å²) in [5.74, 6) is 1.03. The number of carbonyl (C=O) groups excluding carboxylic acids is 1. The SMILES string of the molecule is COc1ccc(NC(=O)Oc2ccccc2)cc1N. The van der Waals surface area contributed by atoms with Gasteiger partial charge in [-0.2, -0.15) is 0 Å². The molecule has 19 heavy (non-hydrogen) atoms. The number of ether oxygens (including phenoxy) is 2. The maximum atomic E-state index is 11.6. The predicted octanol–water partition coefficient (Wildman–Crippen LogP) is 2.89. The van der Waals surface area contributed by atoms with E-state index in [2.05, 4.69) is 5.32 Å². The fraction of sp³-hybridized carbons (Fsp3) is 0.0714. The van der Waals surface area contributed by atoms with E-state index < -0.39 is 6.09 Å². The number of nitrogens with one attached hydrogen (secondary N) is 1. The van der Waals surface area contributed by atoms with E-state index in [-0.39, 0.29) is 0 Å². The highest BCUT2D eigenvalue weighted by Crippen LogP contribution is 2.24. The molecule has 2 aromatic carbocycles. The maximum absolute atomic E-state index is 11.6. The van der Waals surface area contributed by atoms with Crippen molar-refractivity contribution in [3.05, 3.63) is 48.5 Å². The Hall–Kier alpha value is -2.69. The van der Waals surface area contributed by atoms with Crippen LogP contribution >= 0.6 is 0 Å². The largest absolute Gasteiger partial charge is 0.495 e. The lowest BCUT2D eigenvalue weighted by molar-refractivity contribution is 0.215. The van der Waals surface area contributed by atoms with Crippen LogP contribution in [0.5, 0.6) is 11.5 Å². The van der Waals surface area contributed by atoms with Crippen LogP contribution in [-0.4, -0.2) is 13.2 Å². The van der Waals surface area contributed by atoms with E-state index in [1.165, 1.54) is 7.11 Å². The van der Waals surface area contributed by atoms with Crippen molar-refractivity contribution in [1.29, 1.82) is 0 Å². The number of para-hydroxylation sites is 1. The molecule has 0 aliphatic carbocycles. The molecule has 2 rings (SSSR count). The van der Waals surface area contributed by atoms with Gasteiger partial charge in [0.25, 0.3) is 0 Å². The Balaban J connectivity index is 2.01. The molecule has 98 valence electrons. The van der Waals surface area contributed by atoms with Gasteiger partial charge in [0.1, 0.15) is 11.5 Å². The molecule has 0 unspecified atom stereocenters. The van der Waals surface area contributed by atoms with Gasteiger partial charge in [-0.1, -0.05) is 18.2 Å². The molecule has 0 aromatic heterocycles. The molecular formula is C14H14N2O3. The van der Waals surface area contributed by atoms with Gasteiger partial charge in [-0.05, 0) is 30.3 Å². The van der Waals surface area contributed by atoms with Crippen LogP contribution in [0.25, 0.3) is 0 Å². The summed E-state index contributed by atoms with van der Waals surface area (Å²) < 4.78 is 10.1. The molecule has 0 heterocycles. The average molecular weight is 258 g/mol. The Morgan fingerprint density at radius 3 is 2.53 bits per heavy atom. The maximum Gasteiger partial charge on any atom is 0.417 e. The first-order valence-corrected chi connectivity index (χ1v) is 5.66. The van der Waals surface area contributed by atoms with Crippen LogP contribution in [0.15, 0.2) is 48.5 Å². The number of hydrogen-bond acceptors (Lipinski definition) is 4. The van der Waals surface area contributed by atoms with E-state index in [0.717, 1.165) is 0 Å². The highest BCUT2D eigenvalue weighted by molar-refractivity contribution is 5.87. The van der Waals surface area contributed by atoms with E-state index in [0.29, 0.717) is 22.9 Å². The summed E-state index contributed by atoms with van der Waals surface area (Å²) in [6.07, 6.45) is -0.573. The summed E-state index contributed by atoms with van der Waals surface area (Å²) >= 11 is 0. The molecule has 0 saturated carbocycles. The highest BCUT2D eigenvalue weighted by Gasteiger charge is 2.06. The predicted molar refractivity (Wildman–Crippen MR) is 73.5 cm³/mol. The first-order chi connectivity index (χ1) is 9.19. The van der Waals surface area contributed by atoms with E-state index in [4.69, 9.17) is 15.2 Å². The van der Waals surface area contributed by atoms with Crippen LogP contribution in [0.1, 0.15) is 0 Å². The van der Waals surface area contributed by atoms with Gasteiger partial charge in [0.15, 0.2) is 0 Å². The van der Waals surface area contributed by atoms with Gasteiger partial charge >= 0.3 is 6.09 Å². The number of methoxy groups -OCH3 is 1. The first kappa shape index (κ1) is 12.8. The summed E-state index contributed by atoms with van der Waals surface area (Å²) in [4.78, 5) is 11.6. The third-order valence-corrected chi connectivity index (χ3v) is 2.43. The van der Waals surface area contributed by atoms with Gasteiger partial charge in [0.05, 0.1) is 12.8 Å². The van der Waals surface area contributed by atoms with Gasteiger partial charge in [-0.25, -0.2) is 4.79 Å². The van der Waals surface area contributed by atoms with Crippen LogP contribution in [0, 0.1) is 0 Å². The third-order valence-electron chi connectivity index (χ3n) is 2.43. The van der Waals surface area contributed by atoms with Crippen LogP contribution in [-0.2, 0) is 0 Å². The molecule has 3 N–H and O–H groups in total. The monoisotopic (exact) mass is 258 g/mol. The van der Waals surface area contributed by atoms with Crippen LogP contribution in [0.4, 0.5) is 16.2 Å². The number of benzene rings is 2. The zero-order chi connectivity index (χ0) is 13.7. The molecule has 0 atom stereocenters. The third kappa shape index (κ3) is 3.38. The van der Waals surface area contributed by atoms with Crippen molar-refractivity contribution < 1.29 is 14.3 Å². The lowest BCUT2D eigenvalue weighted by Crippen LogP contribution is -2.16. The molecule has 0 spiro atoms. The number of anilines is 2. The quantitative estimate of drug-likeness (QED) is 0.830. The molecule has 0 bridgehead atoms. The number of hydrogen-bond donors (Lipinski definition) is 2. The average Bonchev–Trinajstić information content (AvgIpc) is 2.40. The van der Waals surface area contributed by atoms with Crippen molar-refractivity contribution in [2.75, 3.05) is 18.2 Å². The van der Waals surface area contributed by atoms with Crippen molar-refractivity contribution in [2.24, 2.45) is 0 Å². The van der Waals surface area contributed by atoms with Gasteiger partial charge in [0, 0.05) is 5.69 Å². The standard InChI is InChI=1S/C14H14N2O3/c1-18-13-8-7-10(9-12(13)15)16-14(17)19-11-5-3-2-4-6-11/h2-9H,15H2,1H3,(H,16,17).